The van der Waals surface area contributed by atoms with Crippen LogP contribution in [-0.4, -0.2) is 32.9 Å². The van der Waals surface area contributed by atoms with Crippen molar-refractivity contribution in [3.8, 4) is 16.9 Å². The average molecular weight is 452 g/mol. The minimum absolute atomic E-state index is 0.226. The summed E-state index contributed by atoms with van der Waals surface area (Å²) in [6.07, 6.45) is 1.27. The molecule has 0 fully saturated rings. The van der Waals surface area contributed by atoms with Gasteiger partial charge < -0.3 is 14.8 Å². The fraction of sp³-hybridized carbons (Fsp3) is 0.280. The molecule has 7 heteroatoms. The van der Waals surface area contributed by atoms with E-state index in [0.717, 1.165) is 60.9 Å². The molecule has 2 aromatic carbocycles. The summed E-state index contributed by atoms with van der Waals surface area (Å²) < 4.78 is 5.92. The second-order valence-corrected chi connectivity index (χ2v) is 8.52. The first-order chi connectivity index (χ1) is 15.3. The topological polar surface area (TPSA) is 91.0 Å². The Morgan fingerprint density at radius 2 is 1.88 bits per heavy atom. The molecule has 0 bridgehead atoms. The number of rotatable bonds is 7. The van der Waals surface area contributed by atoms with Crippen molar-refractivity contribution in [1.29, 1.82) is 0 Å². The van der Waals surface area contributed by atoms with E-state index in [4.69, 9.17) is 16.3 Å². The molecule has 0 spiro atoms. The highest BCUT2D eigenvalue weighted by Crippen LogP contribution is 2.35. The van der Waals surface area contributed by atoms with Gasteiger partial charge in [-0.2, -0.15) is 5.10 Å². The standard InChI is InChI=1S/C25H26ClN3O3/c1-13-11-17(12-14(2)22(13)26)32-10-6-9-19-18-7-5-8-20(21-15(3)28-29-16(21)4)23(18)27-24(19)25(30)31/h5,7-8,11-12,27H,6,9-10H2,1-4H3,(H,28,29)(H,30,31). The van der Waals surface area contributed by atoms with Crippen LogP contribution in [0, 0.1) is 27.7 Å². The van der Waals surface area contributed by atoms with Gasteiger partial charge in [-0.1, -0.05) is 29.8 Å². The van der Waals surface area contributed by atoms with Gasteiger partial charge in [-0.15, -0.1) is 0 Å². The number of carboxylic acids is 1. The molecule has 0 aliphatic carbocycles. The third kappa shape index (κ3) is 3.98. The van der Waals surface area contributed by atoms with Crippen LogP contribution in [0.3, 0.4) is 0 Å². The molecule has 0 aliphatic heterocycles. The number of aromatic carboxylic acids is 1. The number of carboxylic acid groups (broad SMARTS) is 1. The molecule has 2 aromatic heterocycles. The predicted octanol–water partition coefficient (Wildman–Crippen LogP) is 6.15. The van der Waals surface area contributed by atoms with E-state index in [1.807, 2.05) is 58.0 Å². The van der Waals surface area contributed by atoms with Crippen LogP contribution in [0.4, 0.5) is 0 Å². The van der Waals surface area contributed by atoms with Crippen LogP contribution in [0.5, 0.6) is 5.75 Å². The van der Waals surface area contributed by atoms with Crippen LogP contribution in [0.15, 0.2) is 30.3 Å². The van der Waals surface area contributed by atoms with Crippen molar-refractivity contribution in [1.82, 2.24) is 15.2 Å². The first-order valence-corrected chi connectivity index (χ1v) is 10.9. The molecular formula is C25H26ClN3O3. The van der Waals surface area contributed by atoms with Crippen molar-refractivity contribution in [2.45, 2.75) is 40.5 Å². The molecule has 166 valence electrons. The Balaban J connectivity index is 1.60. The maximum Gasteiger partial charge on any atom is 0.352 e. The number of aromatic nitrogens is 3. The molecule has 4 rings (SSSR count). The Kier molecular flexibility index (Phi) is 5.98. The lowest BCUT2D eigenvalue weighted by molar-refractivity contribution is 0.0690. The molecule has 32 heavy (non-hydrogen) atoms. The van der Waals surface area contributed by atoms with Gasteiger partial charge in [-0.25, -0.2) is 4.79 Å². The number of aryl methyl sites for hydroxylation is 5. The Hall–Kier alpha value is -3.25. The lowest BCUT2D eigenvalue weighted by Crippen LogP contribution is -2.04. The van der Waals surface area contributed by atoms with Gasteiger partial charge in [0.15, 0.2) is 0 Å². The molecule has 4 aromatic rings. The summed E-state index contributed by atoms with van der Waals surface area (Å²) in [5.41, 5.74) is 7.56. The molecule has 2 heterocycles. The second-order valence-electron chi connectivity index (χ2n) is 8.14. The first kappa shape index (κ1) is 22.0. The molecular weight excluding hydrogens is 426 g/mol. The highest BCUT2D eigenvalue weighted by molar-refractivity contribution is 6.32. The lowest BCUT2D eigenvalue weighted by atomic mass is 9.99. The maximum absolute atomic E-state index is 12.0. The number of benzene rings is 2. The summed E-state index contributed by atoms with van der Waals surface area (Å²) in [6.45, 7) is 8.29. The van der Waals surface area contributed by atoms with Gasteiger partial charge in [0.2, 0.25) is 0 Å². The molecule has 3 N–H and O–H groups in total. The SMILES string of the molecule is Cc1cc(OCCCc2c(C(=O)O)[nH]c3c(-c4c(C)n[nH]c4C)cccc23)cc(C)c1Cl. The number of hydrogen-bond donors (Lipinski definition) is 3. The van der Waals surface area contributed by atoms with Crippen molar-refractivity contribution in [2.75, 3.05) is 6.61 Å². The van der Waals surface area contributed by atoms with E-state index in [1.54, 1.807) is 0 Å². The summed E-state index contributed by atoms with van der Waals surface area (Å²) in [4.78, 5) is 15.1. The highest BCUT2D eigenvalue weighted by atomic mass is 35.5. The number of aromatic amines is 2. The third-order valence-corrected chi connectivity index (χ3v) is 6.40. The van der Waals surface area contributed by atoms with E-state index < -0.39 is 5.97 Å². The van der Waals surface area contributed by atoms with E-state index >= 15 is 0 Å². The van der Waals surface area contributed by atoms with Crippen LogP contribution in [-0.2, 0) is 6.42 Å². The van der Waals surface area contributed by atoms with Gasteiger partial charge in [0.1, 0.15) is 11.4 Å². The number of para-hydroxylation sites is 1. The van der Waals surface area contributed by atoms with Crippen LogP contribution in [0.2, 0.25) is 5.02 Å². The summed E-state index contributed by atoms with van der Waals surface area (Å²) in [7, 11) is 0. The Bertz CT molecular complexity index is 1280. The average Bonchev–Trinajstić information content (AvgIpc) is 3.29. The van der Waals surface area contributed by atoms with Gasteiger partial charge in [0, 0.05) is 27.2 Å². The van der Waals surface area contributed by atoms with E-state index in [2.05, 4.69) is 15.2 Å². The zero-order valence-corrected chi connectivity index (χ0v) is 19.4. The van der Waals surface area contributed by atoms with E-state index in [9.17, 15) is 9.90 Å². The van der Waals surface area contributed by atoms with Gasteiger partial charge in [0.25, 0.3) is 0 Å². The number of ether oxygens (including phenoxy) is 1. The molecule has 0 aliphatic rings. The summed E-state index contributed by atoms with van der Waals surface area (Å²) >= 11 is 6.23. The molecule has 0 atom stereocenters. The molecule has 0 saturated carbocycles. The lowest BCUT2D eigenvalue weighted by Gasteiger charge is -2.10. The molecule has 0 radical (unpaired) electrons. The smallest absolute Gasteiger partial charge is 0.352 e. The number of H-pyrrole nitrogens is 2. The fourth-order valence-corrected chi connectivity index (χ4v) is 4.41. The molecule has 0 amide bonds. The van der Waals surface area contributed by atoms with Crippen molar-refractivity contribution < 1.29 is 14.6 Å². The molecule has 0 unspecified atom stereocenters. The van der Waals surface area contributed by atoms with E-state index in [-0.39, 0.29) is 5.69 Å². The van der Waals surface area contributed by atoms with Gasteiger partial charge >= 0.3 is 5.97 Å². The highest BCUT2D eigenvalue weighted by Gasteiger charge is 2.21. The minimum Gasteiger partial charge on any atom is -0.494 e. The summed E-state index contributed by atoms with van der Waals surface area (Å²) in [5, 5.41) is 18.8. The number of fused-ring (bicyclic) bond motifs is 1. The van der Waals surface area contributed by atoms with Crippen LogP contribution in [0.1, 0.15) is 45.0 Å². The van der Waals surface area contributed by atoms with Gasteiger partial charge in [-0.05, 0) is 69.4 Å². The number of nitrogens with zero attached hydrogens (tertiary/aromatic N) is 1. The Morgan fingerprint density at radius 1 is 1.16 bits per heavy atom. The number of nitrogens with one attached hydrogen (secondary N) is 2. The number of carbonyl (C=O) groups is 1. The zero-order chi connectivity index (χ0) is 23.0. The van der Waals surface area contributed by atoms with Gasteiger partial charge in [-0.3, -0.25) is 5.10 Å². The quantitative estimate of drug-likeness (QED) is 0.294. The molecule has 0 saturated heterocycles. The first-order valence-electron chi connectivity index (χ1n) is 10.6. The van der Waals surface area contributed by atoms with Crippen molar-refractivity contribution in [2.24, 2.45) is 0 Å². The van der Waals surface area contributed by atoms with Crippen LogP contribution >= 0.6 is 11.6 Å². The van der Waals surface area contributed by atoms with Crippen LogP contribution < -0.4 is 4.74 Å². The monoisotopic (exact) mass is 451 g/mol. The number of halogens is 1. The second kappa shape index (κ2) is 8.71. The van der Waals surface area contributed by atoms with Crippen molar-refractivity contribution in [3.05, 3.63) is 69.1 Å². The summed E-state index contributed by atoms with van der Waals surface area (Å²) in [6, 6.07) is 9.77. The van der Waals surface area contributed by atoms with E-state index in [0.29, 0.717) is 19.4 Å². The largest absolute Gasteiger partial charge is 0.494 e. The fourth-order valence-electron chi connectivity index (χ4n) is 4.30. The van der Waals surface area contributed by atoms with Gasteiger partial charge in [0.05, 0.1) is 17.8 Å². The maximum atomic E-state index is 12.0. The van der Waals surface area contributed by atoms with E-state index in [1.165, 1.54) is 0 Å². The Morgan fingerprint density at radius 3 is 2.50 bits per heavy atom. The predicted molar refractivity (Wildman–Crippen MR) is 127 cm³/mol. The minimum atomic E-state index is -0.965. The molecule has 6 nitrogen and oxygen atoms in total. The zero-order valence-electron chi connectivity index (χ0n) is 18.6. The normalized spacial score (nSPS) is 11.3. The number of hydrogen-bond acceptors (Lipinski definition) is 3. The van der Waals surface area contributed by atoms with Crippen molar-refractivity contribution in [3.63, 3.8) is 0 Å². The Labute approximate surface area is 191 Å². The third-order valence-electron chi connectivity index (χ3n) is 5.80. The van der Waals surface area contributed by atoms with Crippen molar-refractivity contribution >= 4 is 28.5 Å². The van der Waals surface area contributed by atoms with Crippen LogP contribution in [0.25, 0.3) is 22.0 Å². The summed E-state index contributed by atoms with van der Waals surface area (Å²) in [5.74, 6) is -0.192.